The quantitative estimate of drug-likeness (QED) is 0.135. The van der Waals surface area contributed by atoms with Crippen LogP contribution in [0.25, 0.3) is 0 Å². The van der Waals surface area contributed by atoms with Crippen LogP contribution in [0.15, 0.2) is 54.6 Å². The molecule has 3 aromatic rings. The van der Waals surface area contributed by atoms with Gasteiger partial charge < -0.3 is 19.9 Å². The average Bonchev–Trinajstić information content (AvgIpc) is 3.97. The summed E-state index contributed by atoms with van der Waals surface area (Å²) < 4.78 is 62.3. The van der Waals surface area contributed by atoms with Crippen molar-refractivity contribution in [3.63, 3.8) is 0 Å². The van der Waals surface area contributed by atoms with E-state index in [1.807, 2.05) is 29.2 Å². The first-order chi connectivity index (χ1) is 30.0. The molecule has 0 aromatic heterocycles. The molecule has 0 spiro atoms. The normalized spacial score (nSPS) is 22.1. The number of anilines is 2. The molecule has 0 aliphatic carbocycles. The molecule has 5 aliphatic rings. The Kier molecular flexibility index (Phi) is 11.4. The standard InChI is InChI=1S/C44H39F4N7O7S/c1-43(2)42(61)54(29-13-10-26(22-49)35(36(29)45)44(46,47)48)40-41(63-40)55(43)27-11-8-24(9-12-27)6-7-25-16-19-52(20-17-25)21-18-50-33(57)23-62-31-5-3-4-28-34(31)39(60)53(38(28)59)30-14-15-32(56)51-37(30)58/h3-5,8-13,25,30,40-41H,14-21,23H2,1-2H3,(H,50,57)(H,51,56,58). The third-order valence-electron chi connectivity index (χ3n) is 11.8. The van der Waals surface area contributed by atoms with Gasteiger partial charge in [0.15, 0.2) is 12.4 Å². The van der Waals surface area contributed by atoms with Gasteiger partial charge in [-0.2, -0.15) is 18.4 Å². The van der Waals surface area contributed by atoms with Crippen LogP contribution in [0, 0.1) is 34.9 Å². The minimum atomic E-state index is -5.12. The Bertz CT molecular complexity index is 2540. The first-order valence-corrected chi connectivity index (χ1v) is 21.1. The lowest BCUT2D eigenvalue weighted by Gasteiger charge is -2.45. The smallest absolute Gasteiger partial charge is 0.420 e. The van der Waals surface area contributed by atoms with Crippen molar-refractivity contribution in [2.24, 2.45) is 5.92 Å². The lowest BCUT2D eigenvalue weighted by atomic mass is 9.94. The van der Waals surface area contributed by atoms with Gasteiger partial charge in [-0.05, 0) is 94.7 Å². The summed E-state index contributed by atoms with van der Waals surface area (Å²) in [5, 5.41) is 13.2. The lowest BCUT2D eigenvalue weighted by Crippen LogP contribution is -2.63. The molecule has 3 atom stereocenters. The number of fused-ring (bicyclic) bond motifs is 2. The third kappa shape index (κ3) is 8.18. The highest BCUT2D eigenvalue weighted by molar-refractivity contribution is 8.08. The second-order valence-electron chi connectivity index (χ2n) is 16.1. The molecule has 5 heterocycles. The van der Waals surface area contributed by atoms with Crippen LogP contribution in [0.5, 0.6) is 5.75 Å². The number of likely N-dealkylation sites (tertiary alicyclic amines) is 1. The van der Waals surface area contributed by atoms with E-state index < -0.39 is 87.8 Å². The molecule has 0 radical (unpaired) electrons. The number of halogens is 4. The van der Waals surface area contributed by atoms with E-state index in [4.69, 9.17) is 4.74 Å². The number of nitrogens with zero attached hydrogens (tertiary/aromatic N) is 5. The van der Waals surface area contributed by atoms with Gasteiger partial charge in [0.2, 0.25) is 11.8 Å². The molecule has 63 heavy (non-hydrogen) atoms. The van der Waals surface area contributed by atoms with Crippen LogP contribution in [0.4, 0.5) is 28.9 Å². The van der Waals surface area contributed by atoms with Gasteiger partial charge in [-0.25, -0.2) is 4.39 Å². The van der Waals surface area contributed by atoms with Gasteiger partial charge in [0.25, 0.3) is 23.6 Å². The molecule has 4 fully saturated rings. The fourth-order valence-corrected chi connectivity index (χ4v) is 9.76. The minimum Gasteiger partial charge on any atom is -0.483 e. The van der Waals surface area contributed by atoms with Crippen LogP contribution in [-0.4, -0.2) is 100 Å². The van der Waals surface area contributed by atoms with Crippen LogP contribution >= 0.6 is 11.8 Å². The molecule has 8 rings (SSSR count). The number of carbonyl (C=O) groups excluding carboxylic acids is 6. The summed E-state index contributed by atoms with van der Waals surface area (Å²) in [5.74, 6) is 1.51. The first-order valence-electron chi connectivity index (χ1n) is 20.2. The Morgan fingerprint density at radius 3 is 2.38 bits per heavy atom. The number of carbonyl (C=O) groups is 6. The number of piperazine rings is 1. The van der Waals surface area contributed by atoms with Crippen LogP contribution in [0.3, 0.4) is 0 Å². The van der Waals surface area contributed by atoms with Gasteiger partial charge in [0.05, 0.1) is 28.4 Å². The zero-order chi connectivity index (χ0) is 45.0. The number of thioether (sulfide) groups is 1. The average molecular weight is 886 g/mol. The maximum absolute atomic E-state index is 15.4. The van der Waals surface area contributed by atoms with Crippen molar-refractivity contribution < 1.29 is 51.1 Å². The molecule has 14 nitrogen and oxygen atoms in total. The van der Waals surface area contributed by atoms with Gasteiger partial charge in [-0.1, -0.05) is 17.9 Å². The van der Waals surface area contributed by atoms with Crippen molar-refractivity contribution in [1.82, 2.24) is 20.4 Å². The third-order valence-corrected chi connectivity index (χ3v) is 13.0. The number of rotatable bonds is 9. The highest BCUT2D eigenvalue weighted by atomic mass is 32.2. The number of hydrogen-bond acceptors (Lipinski definition) is 11. The van der Waals surface area contributed by atoms with Crippen molar-refractivity contribution in [3.05, 3.63) is 88.2 Å². The number of benzene rings is 3. The topological polar surface area (TPSA) is 172 Å². The number of imide groups is 2. The van der Waals surface area contributed by atoms with Crippen molar-refractivity contribution in [3.8, 4) is 23.7 Å². The van der Waals surface area contributed by atoms with E-state index in [9.17, 15) is 47.2 Å². The van der Waals surface area contributed by atoms with E-state index in [1.165, 1.54) is 36.0 Å². The molecule has 0 bridgehead atoms. The maximum Gasteiger partial charge on any atom is 0.420 e. The zero-order valence-electron chi connectivity index (χ0n) is 33.9. The number of alkyl halides is 3. The molecule has 0 saturated carbocycles. The monoisotopic (exact) mass is 885 g/mol. The van der Waals surface area contributed by atoms with Crippen LogP contribution in [-0.2, 0) is 25.4 Å². The molecule has 6 amide bonds. The SMILES string of the molecule is CC1(C)C(=O)N(c2ccc(C#N)c(C(F)(F)F)c2F)C2SC2N1c1ccc(C#CC2CCN(CCNC(=O)COc3cccc4c3C(=O)N(C3CCC(=O)NC3=O)C4=O)CC2)cc1. The van der Waals surface area contributed by atoms with Crippen LogP contribution in [0.2, 0.25) is 0 Å². The lowest BCUT2D eigenvalue weighted by molar-refractivity contribution is -0.140. The second kappa shape index (κ2) is 16.7. The summed E-state index contributed by atoms with van der Waals surface area (Å²) in [4.78, 5) is 82.9. The van der Waals surface area contributed by atoms with E-state index >= 15 is 4.39 Å². The van der Waals surface area contributed by atoms with Crippen LogP contribution < -0.4 is 25.2 Å². The highest BCUT2D eigenvalue weighted by Crippen LogP contribution is 2.56. The van der Waals surface area contributed by atoms with E-state index in [0.29, 0.717) is 18.8 Å². The molecular formula is C44H39F4N7O7S. The Hall–Kier alpha value is -6.44. The fraction of sp³-hybridized carbons (Fsp3) is 0.386. The summed E-state index contributed by atoms with van der Waals surface area (Å²) >= 11 is 1.31. The Morgan fingerprint density at radius 2 is 1.70 bits per heavy atom. The van der Waals surface area contributed by atoms with E-state index in [-0.39, 0.29) is 41.0 Å². The van der Waals surface area contributed by atoms with Crippen LogP contribution in [0.1, 0.15) is 76.9 Å². The van der Waals surface area contributed by atoms with Crippen molar-refractivity contribution >= 4 is 58.6 Å². The zero-order valence-corrected chi connectivity index (χ0v) is 34.7. The highest BCUT2D eigenvalue weighted by Gasteiger charge is 2.62. The Balaban J connectivity index is 0.797. The predicted molar refractivity (Wildman–Crippen MR) is 219 cm³/mol. The second-order valence-corrected chi connectivity index (χ2v) is 17.4. The molecule has 2 N–H and O–H groups in total. The van der Waals surface area contributed by atoms with Gasteiger partial charge in [-0.3, -0.25) is 43.9 Å². The van der Waals surface area contributed by atoms with Gasteiger partial charge in [-0.15, -0.1) is 11.8 Å². The van der Waals surface area contributed by atoms with Crippen molar-refractivity contribution in [1.29, 1.82) is 5.26 Å². The number of amides is 6. The summed E-state index contributed by atoms with van der Waals surface area (Å²) in [6.07, 6.45) is -3.48. The fourth-order valence-electron chi connectivity index (χ4n) is 8.49. The summed E-state index contributed by atoms with van der Waals surface area (Å²) in [7, 11) is 0. The molecule has 326 valence electrons. The summed E-state index contributed by atoms with van der Waals surface area (Å²) in [6, 6.07) is 14.0. The van der Waals surface area contributed by atoms with E-state index in [0.717, 1.165) is 53.4 Å². The predicted octanol–water partition coefficient (Wildman–Crippen LogP) is 4.41. The molecule has 4 saturated heterocycles. The largest absolute Gasteiger partial charge is 0.483 e. The van der Waals surface area contributed by atoms with Crippen molar-refractivity contribution in [2.75, 3.05) is 42.6 Å². The van der Waals surface area contributed by atoms with E-state index in [2.05, 4.69) is 27.4 Å². The number of ether oxygens (including phenoxy) is 1. The summed E-state index contributed by atoms with van der Waals surface area (Å²) in [5.41, 5.74) is -2.83. The maximum atomic E-state index is 15.4. The first kappa shape index (κ1) is 43.2. The molecule has 5 aliphatic heterocycles. The molecule has 3 aromatic carbocycles. The molecule has 3 unspecified atom stereocenters. The minimum absolute atomic E-state index is 0.00739. The van der Waals surface area contributed by atoms with Gasteiger partial charge in [0, 0.05) is 36.7 Å². The van der Waals surface area contributed by atoms with E-state index in [1.54, 1.807) is 13.8 Å². The number of piperidine rings is 2. The Labute approximate surface area is 362 Å². The van der Waals surface area contributed by atoms with Crippen molar-refractivity contribution in [2.45, 2.75) is 68.0 Å². The molecular weight excluding hydrogens is 847 g/mol. The Morgan fingerprint density at radius 1 is 0.968 bits per heavy atom. The summed E-state index contributed by atoms with van der Waals surface area (Å²) in [6.45, 7) is 5.34. The van der Waals surface area contributed by atoms with Gasteiger partial charge >= 0.3 is 6.18 Å². The number of hydrogen-bond donors (Lipinski definition) is 2. The number of nitrogens with one attached hydrogen (secondary N) is 2. The number of nitriles is 1. The molecule has 19 heteroatoms. The van der Waals surface area contributed by atoms with Gasteiger partial charge in [0.1, 0.15) is 33.6 Å².